The Morgan fingerprint density at radius 1 is 1.56 bits per heavy atom. The first-order chi connectivity index (χ1) is 7.52. The van der Waals surface area contributed by atoms with E-state index in [1.807, 2.05) is 13.8 Å². The molecule has 0 saturated heterocycles. The molecule has 0 saturated carbocycles. The molecule has 0 amide bonds. The van der Waals surface area contributed by atoms with E-state index >= 15 is 0 Å². The van der Waals surface area contributed by atoms with Crippen LogP contribution < -0.4 is 10.2 Å². The van der Waals surface area contributed by atoms with Gasteiger partial charge in [0.25, 0.3) is 0 Å². The molecule has 0 bridgehead atoms. The topological polar surface area (TPSA) is 50.7 Å². The van der Waals surface area contributed by atoms with Crippen molar-refractivity contribution < 1.29 is 9.13 Å². The Morgan fingerprint density at radius 3 is 3.00 bits per heavy atom. The average Bonchev–Trinajstić information content (AvgIpc) is 2.18. The fourth-order valence-electron chi connectivity index (χ4n) is 2.00. The van der Waals surface area contributed by atoms with Crippen molar-refractivity contribution in [2.45, 2.75) is 31.9 Å². The predicted octanol–water partition coefficient (Wildman–Crippen LogP) is 2.70. The summed E-state index contributed by atoms with van der Waals surface area (Å²) in [5, 5.41) is 2.68. The van der Waals surface area contributed by atoms with E-state index in [2.05, 4.69) is 10.7 Å². The lowest BCUT2D eigenvalue weighted by Gasteiger charge is -2.36. The third-order valence-corrected chi connectivity index (χ3v) is 2.64. The first kappa shape index (κ1) is 10.9. The fourth-order valence-corrected chi connectivity index (χ4v) is 2.00. The molecule has 1 heterocycles. The minimum Gasteiger partial charge on any atom is -0.487 e. The third-order valence-electron chi connectivity index (χ3n) is 2.64. The number of nitrogens with zero attached hydrogens (tertiary/aromatic N) is 1. The lowest BCUT2D eigenvalue weighted by atomic mass is 9.90. The third kappa shape index (κ3) is 1.98. The second kappa shape index (κ2) is 3.73. The zero-order chi connectivity index (χ0) is 11.8. The van der Waals surface area contributed by atoms with Crippen molar-refractivity contribution in [1.82, 2.24) is 5.43 Å². The van der Waals surface area contributed by atoms with Gasteiger partial charge in [-0.05, 0) is 32.0 Å². The van der Waals surface area contributed by atoms with Crippen LogP contribution in [0.4, 0.5) is 4.39 Å². The summed E-state index contributed by atoms with van der Waals surface area (Å²) in [6, 6.07) is 3.98. The normalized spacial score (nSPS) is 21.8. The van der Waals surface area contributed by atoms with Gasteiger partial charge in [-0.15, -0.1) is 4.91 Å². The van der Waals surface area contributed by atoms with Crippen LogP contribution in [0, 0.1) is 10.7 Å². The van der Waals surface area contributed by atoms with Crippen molar-refractivity contribution in [2.75, 3.05) is 0 Å². The molecule has 0 radical (unpaired) electrons. The molecule has 2 rings (SSSR count). The smallest absolute Gasteiger partial charge is 0.125 e. The van der Waals surface area contributed by atoms with Gasteiger partial charge in [0.2, 0.25) is 0 Å². The fraction of sp³-hybridized carbons (Fsp3) is 0.455. The van der Waals surface area contributed by atoms with Gasteiger partial charge in [-0.25, -0.2) is 4.39 Å². The Morgan fingerprint density at radius 2 is 2.31 bits per heavy atom. The molecule has 0 aromatic heterocycles. The highest BCUT2D eigenvalue weighted by Gasteiger charge is 2.34. The van der Waals surface area contributed by atoms with Crippen LogP contribution in [-0.2, 0) is 0 Å². The van der Waals surface area contributed by atoms with Gasteiger partial charge in [0, 0.05) is 12.0 Å². The molecular formula is C11H13FN2O2. The second-order valence-electron chi connectivity index (χ2n) is 4.52. The van der Waals surface area contributed by atoms with Gasteiger partial charge < -0.3 is 4.74 Å². The molecule has 1 aromatic carbocycles. The molecule has 86 valence electrons. The van der Waals surface area contributed by atoms with Crippen LogP contribution in [0.1, 0.15) is 31.9 Å². The maximum Gasteiger partial charge on any atom is 0.125 e. The van der Waals surface area contributed by atoms with Gasteiger partial charge in [-0.1, -0.05) is 0 Å². The van der Waals surface area contributed by atoms with Crippen molar-refractivity contribution in [3.63, 3.8) is 0 Å². The van der Waals surface area contributed by atoms with E-state index < -0.39 is 5.60 Å². The lowest BCUT2D eigenvalue weighted by molar-refractivity contribution is 0.0659. The second-order valence-corrected chi connectivity index (χ2v) is 4.52. The van der Waals surface area contributed by atoms with Gasteiger partial charge in [0.1, 0.15) is 17.2 Å². The van der Waals surface area contributed by atoms with Gasteiger partial charge in [-0.2, -0.15) is 0 Å². The zero-order valence-corrected chi connectivity index (χ0v) is 9.16. The summed E-state index contributed by atoms with van der Waals surface area (Å²) in [5.41, 5.74) is 2.69. The molecule has 1 atom stereocenters. The number of benzene rings is 1. The lowest BCUT2D eigenvalue weighted by Crippen LogP contribution is -2.38. The minimum absolute atomic E-state index is 0.299. The quantitative estimate of drug-likeness (QED) is 0.620. The molecule has 1 aliphatic heterocycles. The Balaban J connectivity index is 2.42. The van der Waals surface area contributed by atoms with Crippen LogP contribution in [-0.4, -0.2) is 5.60 Å². The largest absolute Gasteiger partial charge is 0.487 e. The molecule has 0 aliphatic carbocycles. The minimum atomic E-state index is -0.396. The number of hydrogen-bond acceptors (Lipinski definition) is 3. The number of ether oxygens (including phenoxy) is 1. The summed E-state index contributed by atoms with van der Waals surface area (Å²) in [4.78, 5) is 10.3. The summed E-state index contributed by atoms with van der Waals surface area (Å²) in [5.74, 6) is 0.249. The van der Waals surface area contributed by atoms with Crippen molar-refractivity contribution >= 4 is 0 Å². The van der Waals surface area contributed by atoms with E-state index in [9.17, 15) is 9.30 Å². The van der Waals surface area contributed by atoms with E-state index in [0.29, 0.717) is 17.7 Å². The van der Waals surface area contributed by atoms with Gasteiger partial charge in [0.05, 0.1) is 11.3 Å². The van der Waals surface area contributed by atoms with Crippen LogP contribution >= 0.6 is 0 Å². The SMILES string of the molecule is CC1(C)CC(NN=O)c2cc(F)ccc2O1. The summed E-state index contributed by atoms with van der Waals surface area (Å²) < 4.78 is 18.8. The van der Waals surface area contributed by atoms with Crippen molar-refractivity contribution in [3.05, 3.63) is 34.5 Å². The summed E-state index contributed by atoms with van der Waals surface area (Å²) >= 11 is 0. The van der Waals surface area contributed by atoms with Crippen LogP contribution in [0.5, 0.6) is 5.75 Å². The van der Waals surface area contributed by atoms with Crippen LogP contribution in [0.3, 0.4) is 0 Å². The maximum absolute atomic E-state index is 13.1. The van der Waals surface area contributed by atoms with Gasteiger partial charge in [0.15, 0.2) is 0 Å². The van der Waals surface area contributed by atoms with E-state index in [0.717, 1.165) is 0 Å². The predicted molar refractivity (Wildman–Crippen MR) is 57.4 cm³/mol. The standard InChI is InChI=1S/C11H13FN2O2/c1-11(2)6-9(13-14-15)8-5-7(12)3-4-10(8)16-11/h3-5,9H,6H2,1-2H3,(H,13,15). The Hall–Kier alpha value is -1.65. The Kier molecular flexibility index (Phi) is 2.53. The molecule has 1 N–H and O–H groups in total. The molecule has 1 aliphatic rings. The highest BCUT2D eigenvalue weighted by atomic mass is 19.1. The number of hydrogen-bond donors (Lipinski definition) is 1. The van der Waals surface area contributed by atoms with Crippen LogP contribution in [0.15, 0.2) is 23.5 Å². The van der Waals surface area contributed by atoms with Gasteiger partial charge >= 0.3 is 0 Å². The first-order valence-corrected chi connectivity index (χ1v) is 5.08. The number of fused-ring (bicyclic) bond motifs is 1. The van der Waals surface area contributed by atoms with Gasteiger partial charge in [-0.3, -0.25) is 5.43 Å². The molecule has 0 spiro atoms. The Labute approximate surface area is 92.7 Å². The van der Waals surface area contributed by atoms with E-state index in [-0.39, 0.29) is 11.9 Å². The number of nitrogens with one attached hydrogen (secondary N) is 1. The average molecular weight is 224 g/mol. The van der Waals surface area contributed by atoms with Crippen molar-refractivity contribution in [2.24, 2.45) is 5.29 Å². The summed E-state index contributed by atoms with van der Waals surface area (Å²) in [6.45, 7) is 3.83. The van der Waals surface area contributed by atoms with Crippen LogP contribution in [0.2, 0.25) is 0 Å². The van der Waals surface area contributed by atoms with E-state index in [4.69, 9.17) is 4.74 Å². The molecule has 0 fully saturated rings. The van der Waals surface area contributed by atoms with E-state index in [1.54, 1.807) is 6.07 Å². The molecule has 4 nitrogen and oxygen atoms in total. The number of nitroso groups, excluding NO2 is 1. The van der Waals surface area contributed by atoms with Crippen molar-refractivity contribution in [3.8, 4) is 5.75 Å². The molecule has 5 heteroatoms. The molecular weight excluding hydrogens is 211 g/mol. The Bertz CT molecular complexity index is 420. The number of halogens is 1. The van der Waals surface area contributed by atoms with Crippen LogP contribution in [0.25, 0.3) is 0 Å². The summed E-state index contributed by atoms with van der Waals surface area (Å²) in [7, 11) is 0. The zero-order valence-electron chi connectivity index (χ0n) is 9.16. The molecule has 1 aromatic rings. The monoisotopic (exact) mass is 224 g/mol. The molecule has 1 unspecified atom stereocenters. The highest BCUT2D eigenvalue weighted by molar-refractivity contribution is 5.39. The van der Waals surface area contributed by atoms with E-state index in [1.165, 1.54) is 12.1 Å². The molecule has 16 heavy (non-hydrogen) atoms. The number of rotatable bonds is 2. The van der Waals surface area contributed by atoms with Crippen molar-refractivity contribution in [1.29, 1.82) is 0 Å². The maximum atomic E-state index is 13.1. The summed E-state index contributed by atoms with van der Waals surface area (Å²) in [6.07, 6.45) is 0.565. The highest BCUT2D eigenvalue weighted by Crippen LogP contribution is 2.39. The first-order valence-electron chi connectivity index (χ1n) is 5.08.